The molecule has 3 atom stereocenters. The maximum atomic E-state index is 12.0. The molecule has 0 saturated carbocycles. The molecule has 1 aliphatic carbocycles. The van der Waals surface area contributed by atoms with E-state index in [0.717, 1.165) is 24.1 Å². The van der Waals surface area contributed by atoms with E-state index in [2.05, 4.69) is 23.3 Å². The Kier molecular flexibility index (Phi) is 4.60. The first kappa shape index (κ1) is 16.6. The van der Waals surface area contributed by atoms with Gasteiger partial charge in [0.1, 0.15) is 6.10 Å². The Labute approximate surface area is 141 Å². The van der Waals surface area contributed by atoms with Crippen LogP contribution in [0.1, 0.15) is 44.1 Å². The molecule has 5 heteroatoms. The summed E-state index contributed by atoms with van der Waals surface area (Å²) in [6.07, 6.45) is 1.80. The summed E-state index contributed by atoms with van der Waals surface area (Å²) in [5.41, 5.74) is 3.22. The van der Waals surface area contributed by atoms with E-state index in [9.17, 15) is 9.59 Å². The molecule has 2 aromatic rings. The van der Waals surface area contributed by atoms with E-state index in [-0.39, 0.29) is 17.8 Å². The molecule has 0 spiro atoms. The van der Waals surface area contributed by atoms with Crippen LogP contribution in [0.15, 0.2) is 24.3 Å². The Morgan fingerprint density at radius 1 is 1.33 bits per heavy atom. The van der Waals surface area contributed by atoms with Crippen molar-refractivity contribution in [3.8, 4) is 0 Å². The van der Waals surface area contributed by atoms with Gasteiger partial charge in [0.25, 0.3) is 0 Å². The van der Waals surface area contributed by atoms with Gasteiger partial charge >= 0.3 is 5.97 Å². The molecule has 5 nitrogen and oxygen atoms in total. The third kappa shape index (κ3) is 2.90. The number of hydrogen-bond acceptors (Lipinski definition) is 3. The average Bonchev–Trinajstić information content (AvgIpc) is 2.94. The van der Waals surface area contributed by atoms with Gasteiger partial charge in [0.2, 0.25) is 5.91 Å². The molecular weight excluding hydrogens is 304 g/mol. The number of H-pyrrole nitrogens is 1. The van der Waals surface area contributed by atoms with Crippen LogP contribution in [0.25, 0.3) is 10.9 Å². The summed E-state index contributed by atoms with van der Waals surface area (Å²) in [5, 5.41) is 3.87. The summed E-state index contributed by atoms with van der Waals surface area (Å²) in [4.78, 5) is 27.1. The zero-order valence-corrected chi connectivity index (χ0v) is 14.4. The molecular formula is C19H24N2O3. The molecule has 1 heterocycles. The average molecular weight is 328 g/mol. The molecule has 0 aliphatic heterocycles. The highest BCUT2D eigenvalue weighted by Crippen LogP contribution is 2.45. The Morgan fingerprint density at radius 3 is 2.75 bits per heavy atom. The maximum absolute atomic E-state index is 12.0. The summed E-state index contributed by atoms with van der Waals surface area (Å²) in [5.74, 6) is -0.0452. The van der Waals surface area contributed by atoms with E-state index in [0.29, 0.717) is 12.3 Å². The summed E-state index contributed by atoms with van der Waals surface area (Å²) >= 11 is 0. The van der Waals surface area contributed by atoms with Crippen molar-refractivity contribution >= 4 is 22.8 Å². The molecule has 1 aliphatic rings. The molecule has 1 amide bonds. The molecule has 0 fully saturated rings. The van der Waals surface area contributed by atoms with E-state index >= 15 is 0 Å². The zero-order chi connectivity index (χ0) is 17.3. The molecule has 128 valence electrons. The fourth-order valence-corrected chi connectivity index (χ4v) is 3.92. The van der Waals surface area contributed by atoms with Crippen LogP contribution in [-0.4, -0.2) is 23.9 Å². The van der Waals surface area contributed by atoms with Crippen LogP contribution in [-0.2, 0) is 20.7 Å². The minimum absolute atomic E-state index is 0.0144. The van der Waals surface area contributed by atoms with Crippen LogP contribution in [0.5, 0.6) is 0 Å². The number of fused-ring (bicyclic) bond motifs is 3. The summed E-state index contributed by atoms with van der Waals surface area (Å²) in [6, 6.07) is 8.15. The third-order valence-electron chi connectivity index (χ3n) is 5.11. The predicted octanol–water partition coefficient (Wildman–Crippen LogP) is 3.11. The lowest BCUT2D eigenvalue weighted by atomic mass is 9.73. The van der Waals surface area contributed by atoms with E-state index in [1.54, 1.807) is 7.05 Å². The van der Waals surface area contributed by atoms with Gasteiger partial charge in [-0.1, -0.05) is 31.5 Å². The minimum atomic E-state index is -0.402. The fraction of sp³-hybridized carbons (Fsp3) is 0.474. The first-order valence-electron chi connectivity index (χ1n) is 8.52. The fourth-order valence-electron chi connectivity index (χ4n) is 3.92. The van der Waals surface area contributed by atoms with Crippen molar-refractivity contribution in [3.63, 3.8) is 0 Å². The molecule has 1 aromatic heterocycles. The smallest absolute Gasteiger partial charge is 0.303 e. The highest BCUT2D eigenvalue weighted by atomic mass is 16.5. The number of aromatic amines is 1. The number of carbonyl (C=O) groups is 2. The van der Waals surface area contributed by atoms with E-state index in [1.165, 1.54) is 17.9 Å². The van der Waals surface area contributed by atoms with Gasteiger partial charge in [-0.25, -0.2) is 0 Å². The lowest BCUT2D eigenvalue weighted by Gasteiger charge is -2.37. The van der Waals surface area contributed by atoms with Crippen molar-refractivity contribution in [1.29, 1.82) is 0 Å². The van der Waals surface area contributed by atoms with Gasteiger partial charge in [-0.15, -0.1) is 0 Å². The number of para-hydroxylation sites is 1. The largest absolute Gasteiger partial charge is 0.456 e. The first-order chi connectivity index (χ1) is 11.5. The van der Waals surface area contributed by atoms with Crippen LogP contribution < -0.4 is 5.32 Å². The highest BCUT2D eigenvalue weighted by Gasteiger charge is 2.40. The van der Waals surface area contributed by atoms with Crippen molar-refractivity contribution < 1.29 is 14.3 Å². The number of carbonyl (C=O) groups excluding carboxylic acids is 2. The van der Waals surface area contributed by atoms with Gasteiger partial charge in [0.15, 0.2) is 0 Å². The Hall–Kier alpha value is -2.30. The highest BCUT2D eigenvalue weighted by molar-refractivity contribution is 5.85. The lowest BCUT2D eigenvalue weighted by Crippen LogP contribution is -2.35. The maximum Gasteiger partial charge on any atom is 0.303 e. The van der Waals surface area contributed by atoms with Crippen molar-refractivity contribution in [2.24, 2.45) is 11.8 Å². The van der Waals surface area contributed by atoms with Crippen LogP contribution in [0, 0.1) is 11.8 Å². The van der Waals surface area contributed by atoms with Gasteiger partial charge in [-0.05, 0) is 24.0 Å². The van der Waals surface area contributed by atoms with Crippen LogP contribution >= 0.6 is 0 Å². The van der Waals surface area contributed by atoms with E-state index in [1.807, 2.05) is 18.2 Å². The van der Waals surface area contributed by atoms with Gasteiger partial charge in [-0.2, -0.15) is 0 Å². The zero-order valence-electron chi connectivity index (χ0n) is 14.4. The van der Waals surface area contributed by atoms with E-state index < -0.39 is 6.10 Å². The van der Waals surface area contributed by atoms with Gasteiger partial charge in [-0.3, -0.25) is 9.59 Å². The Bertz CT molecular complexity index is 765. The van der Waals surface area contributed by atoms with Gasteiger partial charge in [0.05, 0.1) is 5.69 Å². The molecule has 2 N–H and O–H groups in total. The summed E-state index contributed by atoms with van der Waals surface area (Å²) in [7, 11) is 1.64. The molecule has 0 bridgehead atoms. The van der Waals surface area contributed by atoms with Crippen LogP contribution in [0.3, 0.4) is 0 Å². The monoisotopic (exact) mass is 328 g/mol. The second-order valence-electron chi connectivity index (χ2n) is 6.51. The van der Waals surface area contributed by atoms with Crippen molar-refractivity contribution in [3.05, 3.63) is 35.5 Å². The van der Waals surface area contributed by atoms with Crippen molar-refractivity contribution in [2.45, 2.75) is 39.2 Å². The quantitative estimate of drug-likeness (QED) is 0.847. The van der Waals surface area contributed by atoms with Crippen LogP contribution in [0.2, 0.25) is 0 Å². The standard InChI is InChI=1S/C19H24N2O3/c1-4-12-9-15-13-7-5-6-8-16(13)21-18(15)19(24-11(2)22)14(12)10-17(23)20-3/h5-8,12,14,19,21H,4,9-10H2,1-3H3,(H,20,23)/t12-,14+,19+/m0/s1. The number of aromatic nitrogens is 1. The predicted molar refractivity (Wildman–Crippen MR) is 92.5 cm³/mol. The lowest BCUT2D eigenvalue weighted by molar-refractivity contribution is -0.153. The first-order valence-corrected chi connectivity index (χ1v) is 8.52. The topological polar surface area (TPSA) is 71.2 Å². The number of ether oxygens (including phenoxy) is 1. The molecule has 3 rings (SSSR count). The molecule has 0 saturated heterocycles. The molecule has 1 aromatic carbocycles. The number of nitrogens with one attached hydrogen (secondary N) is 2. The number of rotatable bonds is 4. The van der Waals surface area contributed by atoms with Gasteiger partial charge in [0, 0.05) is 37.2 Å². The second-order valence-corrected chi connectivity index (χ2v) is 6.51. The number of amides is 1. The second kappa shape index (κ2) is 6.67. The Balaban J connectivity index is 2.09. The third-order valence-corrected chi connectivity index (χ3v) is 5.11. The van der Waals surface area contributed by atoms with Crippen molar-refractivity contribution in [2.75, 3.05) is 7.05 Å². The normalized spacial score (nSPS) is 22.9. The van der Waals surface area contributed by atoms with E-state index in [4.69, 9.17) is 4.74 Å². The number of benzene rings is 1. The molecule has 0 unspecified atom stereocenters. The van der Waals surface area contributed by atoms with Crippen molar-refractivity contribution in [1.82, 2.24) is 10.3 Å². The van der Waals surface area contributed by atoms with Crippen LogP contribution in [0.4, 0.5) is 0 Å². The van der Waals surface area contributed by atoms with Gasteiger partial charge < -0.3 is 15.0 Å². The molecule has 24 heavy (non-hydrogen) atoms. The summed E-state index contributed by atoms with van der Waals surface area (Å²) in [6.45, 7) is 3.56. The number of hydrogen-bond donors (Lipinski definition) is 2. The summed E-state index contributed by atoms with van der Waals surface area (Å²) < 4.78 is 5.69. The Morgan fingerprint density at radius 2 is 2.08 bits per heavy atom. The number of esters is 1. The SMILES string of the molecule is CC[C@H]1Cc2c([nH]c3ccccc23)[C@H](OC(C)=O)[C@@H]1CC(=O)NC. The molecule has 0 radical (unpaired) electrons. The minimum Gasteiger partial charge on any atom is -0.456 e.